The van der Waals surface area contributed by atoms with Gasteiger partial charge in [0.05, 0.1) is 20.6 Å². The van der Waals surface area contributed by atoms with Crippen molar-refractivity contribution in [2.24, 2.45) is 5.73 Å². The summed E-state index contributed by atoms with van der Waals surface area (Å²) in [4.78, 5) is 0.820. The van der Waals surface area contributed by atoms with Gasteiger partial charge in [-0.25, -0.2) is 12.8 Å². The Balaban J connectivity index is 2.33. The highest BCUT2D eigenvalue weighted by Gasteiger charge is 2.18. The lowest BCUT2D eigenvalue weighted by atomic mass is 10.3. The molecule has 20 heavy (non-hydrogen) atoms. The van der Waals surface area contributed by atoms with Gasteiger partial charge in [0.25, 0.3) is 10.0 Å². The van der Waals surface area contributed by atoms with Gasteiger partial charge in [0.2, 0.25) is 0 Å². The quantitative estimate of drug-likeness (QED) is 0.825. The van der Waals surface area contributed by atoms with Crippen LogP contribution < -0.4 is 10.5 Å². The Hall–Kier alpha value is -0.860. The van der Waals surface area contributed by atoms with Crippen LogP contribution in [0, 0.1) is 5.82 Å². The molecule has 0 spiro atoms. The number of nitrogens with one attached hydrogen (secondary N) is 1. The van der Waals surface area contributed by atoms with E-state index >= 15 is 0 Å². The summed E-state index contributed by atoms with van der Waals surface area (Å²) < 4.78 is 39.8. The third-order valence-corrected chi connectivity index (χ3v) is 5.40. The minimum absolute atomic E-state index is 0.0829. The average molecular weight is 355 g/mol. The first-order valence-corrected chi connectivity index (χ1v) is 8.40. The molecule has 0 saturated carbocycles. The molecule has 1 aromatic heterocycles. The summed E-state index contributed by atoms with van der Waals surface area (Å²) in [6.45, 7) is 0.258. The number of benzene rings is 1. The second-order valence-corrected chi connectivity index (χ2v) is 7.30. The standard InChI is InChI=1S/C11H9Cl2FN2O2S2/c12-9-1-6(2-10(13)11(9)14)16-20(17,18)8-3-7(4-15)19-5-8/h1-3,5,16H,4,15H2. The monoisotopic (exact) mass is 354 g/mol. The van der Waals surface area contributed by atoms with Crippen LogP contribution in [0.15, 0.2) is 28.5 Å². The van der Waals surface area contributed by atoms with E-state index in [4.69, 9.17) is 28.9 Å². The molecule has 1 aromatic carbocycles. The lowest BCUT2D eigenvalue weighted by Gasteiger charge is -2.08. The van der Waals surface area contributed by atoms with Gasteiger partial charge in [0.15, 0.2) is 5.82 Å². The van der Waals surface area contributed by atoms with Gasteiger partial charge in [-0.15, -0.1) is 11.3 Å². The fourth-order valence-electron chi connectivity index (χ4n) is 1.44. The van der Waals surface area contributed by atoms with E-state index in [9.17, 15) is 12.8 Å². The highest BCUT2D eigenvalue weighted by molar-refractivity contribution is 7.92. The smallest absolute Gasteiger partial charge is 0.262 e. The van der Waals surface area contributed by atoms with Crippen LogP contribution in [-0.2, 0) is 16.6 Å². The minimum atomic E-state index is -3.78. The largest absolute Gasteiger partial charge is 0.326 e. The molecule has 3 N–H and O–H groups in total. The van der Waals surface area contributed by atoms with E-state index < -0.39 is 15.8 Å². The van der Waals surface area contributed by atoms with Crippen LogP contribution in [0.25, 0.3) is 0 Å². The van der Waals surface area contributed by atoms with Crippen LogP contribution in [0.4, 0.5) is 10.1 Å². The molecule has 0 fully saturated rings. The van der Waals surface area contributed by atoms with Crippen molar-refractivity contribution in [3.8, 4) is 0 Å². The van der Waals surface area contributed by atoms with E-state index in [1.54, 1.807) is 0 Å². The molecule has 2 aromatic rings. The van der Waals surface area contributed by atoms with Crippen molar-refractivity contribution in [2.45, 2.75) is 11.4 Å². The zero-order valence-electron chi connectivity index (χ0n) is 9.86. The van der Waals surface area contributed by atoms with Gasteiger partial charge in [0, 0.05) is 16.8 Å². The number of anilines is 1. The first-order valence-electron chi connectivity index (χ1n) is 5.28. The van der Waals surface area contributed by atoms with Gasteiger partial charge in [-0.2, -0.15) is 0 Å². The summed E-state index contributed by atoms with van der Waals surface area (Å²) in [5.41, 5.74) is 5.52. The molecule has 0 aliphatic carbocycles. The molecule has 0 amide bonds. The Morgan fingerprint density at radius 1 is 1.25 bits per heavy atom. The number of nitrogens with two attached hydrogens (primary N) is 1. The Bertz CT molecular complexity index is 724. The van der Waals surface area contributed by atoms with Crippen LogP contribution in [0.1, 0.15) is 4.88 Å². The predicted molar refractivity (Wildman–Crippen MR) is 79.4 cm³/mol. The van der Waals surface area contributed by atoms with E-state index in [1.807, 2.05) is 0 Å². The van der Waals surface area contributed by atoms with Gasteiger partial charge >= 0.3 is 0 Å². The molecule has 0 unspecified atom stereocenters. The fraction of sp³-hybridized carbons (Fsp3) is 0.0909. The molecule has 0 aliphatic heterocycles. The van der Waals surface area contributed by atoms with E-state index in [2.05, 4.69) is 4.72 Å². The number of thiophene rings is 1. The third-order valence-electron chi connectivity index (χ3n) is 2.38. The number of rotatable bonds is 4. The molecule has 2 rings (SSSR count). The molecule has 9 heteroatoms. The van der Waals surface area contributed by atoms with Crippen molar-refractivity contribution in [1.82, 2.24) is 0 Å². The molecule has 1 heterocycles. The van der Waals surface area contributed by atoms with Crippen molar-refractivity contribution in [3.05, 3.63) is 44.3 Å². The number of halogens is 3. The first kappa shape index (κ1) is 15.5. The number of hydrogen-bond acceptors (Lipinski definition) is 4. The summed E-state index contributed by atoms with van der Waals surface area (Å²) in [5, 5.41) is 0.948. The zero-order valence-corrected chi connectivity index (χ0v) is 13.0. The topological polar surface area (TPSA) is 72.2 Å². The van der Waals surface area contributed by atoms with Crippen LogP contribution in [-0.4, -0.2) is 8.42 Å². The van der Waals surface area contributed by atoms with Gasteiger partial charge in [-0.3, -0.25) is 4.72 Å². The minimum Gasteiger partial charge on any atom is -0.326 e. The van der Waals surface area contributed by atoms with Gasteiger partial charge in [-0.1, -0.05) is 23.2 Å². The average Bonchev–Trinajstić information content (AvgIpc) is 2.85. The maximum atomic E-state index is 13.3. The summed E-state index contributed by atoms with van der Waals surface area (Å²) in [7, 11) is -3.78. The summed E-state index contributed by atoms with van der Waals surface area (Å²) in [6.07, 6.45) is 0. The molecule has 0 radical (unpaired) electrons. The normalized spacial score (nSPS) is 11.6. The zero-order chi connectivity index (χ0) is 14.9. The van der Waals surface area contributed by atoms with E-state index in [0.717, 1.165) is 17.0 Å². The summed E-state index contributed by atoms with van der Waals surface area (Å²) in [5.74, 6) is -0.794. The highest BCUT2D eigenvalue weighted by Crippen LogP contribution is 2.29. The van der Waals surface area contributed by atoms with Crippen molar-refractivity contribution in [3.63, 3.8) is 0 Å². The second kappa shape index (κ2) is 5.87. The molecule has 0 atom stereocenters. The van der Waals surface area contributed by atoms with Crippen LogP contribution >= 0.6 is 34.5 Å². The molecule has 0 saturated heterocycles. The number of hydrogen-bond donors (Lipinski definition) is 2. The number of sulfonamides is 1. The van der Waals surface area contributed by atoms with E-state index in [1.165, 1.54) is 22.8 Å². The molecular formula is C11H9Cl2FN2O2S2. The first-order chi connectivity index (χ1) is 9.33. The molecule has 0 bridgehead atoms. The summed E-state index contributed by atoms with van der Waals surface area (Å²) in [6, 6.07) is 3.77. The van der Waals surface area contributed by atoms with Crippen LogP contribution in [0.3, 0.4) is 0 Å². The Kier molecular flexibility index (Phi) is 4.55. The maximum absolute atomic E-state index is 13.3. The highest BCUT2D eigenvalue weighted by atomic mass is 35.5. The third kappa shape index (κ3) is 3.24. The van der Waals surface area contributed by atoms with E-state index in [0.29, 0.717) is 0 Å². The van der Waals surface area contributed by atoms with Crippen molar-refractivity contribution in [2.75, 3.05) is 4.72 Å². The van der Waals surface area contributed by atoms with E-state index in [-0.39, 0.29) is 27.2 Å². The summed E-state index contributed by atoms with van der Waals surface area (Å²) >= 11 is 12.5. The van der Waals surface area contributed by atoms with Crippen molar-refractivity contribution in [1.29, 1.82) is 0 Å². The molecule has 108 valence electrons. The molecule has 4 nitrogen and oxygen atoms in total. The Morgan fingerprint density at radius 2 is 1.85 bits per heavy atom. The maximum Gasteiger partial charge on any atom is 0.262 e. The SMILES string of the molecule is NCc1cc(S(=O)(=O)Nc2cc(Cl)c(F)c(Cl)c2)cs1. The van der Waals surface area contributed by atoms with Gasteiger partial charge in [-0.05, 0) is 18.2 Å². The lowest BCUT2D eigenvalue weighted by molar-refractivity contribution is 0.601. The van der Waals surface area contributed by atoms with Gasteiger partial charge < -0.3 is 5.73 Å². The lowest BCUT2D eigenvalue weighted by Crippen LogP contribution is -2.12. The fourth-order valence-corrected chi connectivity index (χ4v) is 4.12. The predicted octanol–water partition coefficient (Wildman–Crippen LogP) is 3.45. The van der Waals surface area contributed by atoms with Gasteiger partial charge in [0.1, 0.15) is 0 Å². The van der Waals surface area contributed by atoms with Crippen LogP contribution in [0.2, 0.25) is 10.0 Å². The van der Waals surface area contributed by atoms with Crippen LogP contribution in [0.5, 0.6) is 0 Å². The second-order valence-electron chi connectivity index (χ2n) is 3.81. The van der Waals surface area contributed by atoms with Crippen molar-refractivity contribution < 1.29 is 12.8 Å². The van der Waals surface area contributed by atoms with Crippen molar-refractivity contribution >= 4 is 50.2 Å². The molecular weight excluding hydrogens is 346 g/mol. The molecule has 0 aliphatic rings. The Labute approximate surface area is 129 Å². The Morgan fingerprint density at radius 3 is 2.35 bits per heavy atom.